The molecule has 3 heteroatoms. The summed E-state index contributed by atoms with van der Waals surface area (Å²) in [6.07, 6.45) is 3.14. The van der Waals surface area contributed by atoms with Crippen molar-refractivity contribution in [3.05, 3.63) is 23.3 Å². The maximum absolute atomic E-state index is 11.2. The zero-order valence-corrected chi connectivity index (χ0v) is 7.92. The van der Waals surface area contributed by atoms with Crippen LogP contribution in [0.1, 0.15) is 20.8 Å². The predicted octanol–water partition coefficient (Wildman–Crippen LogP) is 1.45. The zero-order chi connectivity index (χ0) is 10.0. The Labute approximate surface area is 76.9 Å². The van der Waals surface area contributed by atoms with Crippen LogP contribution in [0.2, 0.25) is 0 Å². The quantitative estimate of drug-likeness (QED) is 0.526. The molecule has 0 saturated carbocycles. The molecule has 1 aliphatic carbocycles. The van der Waals surface area contributed by atoms with E-state index in [1.54, 1.807) is 19.9 Å². The molecular weight excluding hydrogens is 166 g/mol. The average molecular weight is 177 g/mol. The molecule has 13 heavy (non-hydrogen) atoms. The Morgan fingerprint density at radius 2 is 1.85 bits per heavy atom. The third-order valence-corrected chi connectivity index (χ3v) is 1.77. The molecule has 0 N–H and O–H groups in total. The molecule has 0 radical (unpaired) electrons. The van der Waals surface area contributed by atoms with Crippen LogP contribution in [0.5, 0.6) is 0 Å². The predicted molar refractivity (Wildman–Crippen MR) is 50.6 cm³/mol. The summed E-state index contributed by atoms with van der Waals surface area (Å²) in [5.41, 5.74) is 1.95. The van der Waals surface area contributed by atoms with Gasteiger partial charge in [-0.3, -0.25) is 9.59 Å². The summed E-state index contributed by atoms with van der Waals surface area (Å²) in [6.45, 7) is 4.86. The lowest BCUT2D eigenvalue weighted by Crippen LogP contribution is -2.11. The first-order chi connectivity index (χ1) is 6.00. The number of allylic oxidation sites excluding steroid dienone is 4. The number of ketones is 1. The number of carbonyl (C=O) groups is 2. The molecule has 1 aliphatic rings. The highest BCUT2D eigenvalue weighted by atomic mass is 16.1. The van der Waals surface area contributed by atoms with Crippen LogP contribution in [0.25, 0.3) is 0 Å². The summed E-state index contributed by atoms with van der Waals surface area (Å²) in [6, 6.07) is 0. The van der Waals surface area contributed by atoms with Crippen molar-refractivity contribution in [1.29, 1.82) is 0 Å². The van der Waals surface area contributed by atoms with Crippen molar-refractivity contribution in [2.75, 3.05) is 0 Å². The van der Waals surface area contributed by atoms with E-state index < -0.39 is 0 Å². The summed E-state index contributed by atoms with van der Waals surface area (Å²) in [5, 5.41) is 0. The largest absolute Gasteiger partial charge is 0.290 e. The van der Waals surface area contributed by atoms with E-state index in [4.69, 9.17) is 0 Å². The van der Waals surface area contributed by atoms with Crippen LogP contribution in [0.4, 0.5) is 0 Å². The molecule has 0 heterocycles. The fourth-order valence-corrected chi connectivity index (χ4v) is 1.06. The Balaban J connectivity index is 3.09. The summed E-state index contributed by atoms with van der Waals surface area (Å²) in [5.74, 6) is -0.263. The lowest BCUT2D eigenvalue weighted by molar-refractivity contribution is -0.115. The first-order valence-electron chi connectivity index (χ1n) is 4.01. The molecule has 1 amide bonds. The fraction of sp³-hybridized carbons (Fsp3) is 0.300. The highest BCUT2D eigenvalue weighted by Gasteiger charge is 2.12. The van der Waals surface area contributed by atoms with Gasteiger partial charge in [-0.15, -0.1) is 0 Å². The maximum Gasteiger partial charge on any atom is 0.243 e. The Morgan fingerprint density at radius 3 is 2.38 bits per heavy atom. The summed E-state index contributed by atoms with van der Waals surface area (Å²) in [7, 11) is 0. The molecule has 0 bridgehead atoms. The number of carbonyl (C=O) groups excluding carboxylic acids is 2. The van der Waals surface area contributed by atoms with E-state index in [1.807, 2.05) is 0 Å². The minimum absolute atomic E-state index is 0.0139. The molecule has 0 spiro atoms. The monoisotopic (exact) mass is 177 g/mol. The molecule has 0 saturated heterocycles. The van der Waals surface area contributed by atoms with Crippen molar-refractivity contribution in [1.82, 2.24) is 0 Å². The molecule has 0 aromatic carbocycles. The van der Waals surface area contributed by atoms with Crippen molar-refractivity contribution < 1.29 is 9.59 Å². The Morgan fingerprint density at radius 1 is 1.23 bits per heavy atom. The summed E-state index contributed by atoms with van der Waals surface area (Å²) in [4.78, 5) is 25.7. The van der Waals surface area contributed by atoms with Crippen LogP contribution >= 0.6 is 0 Å². The number of hydrogen-bond donors (Lipinski definition) is 0. The van der Waals surface area contributed by atoms with Gasteiger partial charge in [0.25, 0.3) is 0 Å². The van der Waals surface area contributed by atoms with Crippen molar-refractivity contribution >= 4 is 17.4 Å². The van der Waals surface area contributed by atoms with Gasteiger partial charge in [0, 0.05) is 6.92 Å². The van der Waals surface area contributed by atoms with E-state index >= 15 is 0 Å². The van der Waals surface area contributed by atoms with Gasteiger partial charge in [0.2, 0.25) is 5.91 Å². The van der Waals surface area contributed by atoms with Gasteiger partial charge in [0.05, 0.1) is 5.71 Å². The molecule has 0 aromatic heterocycles. The first kappa shape index (κ1) is 9.58. The van der Waals surface area contributed by atoms with E-state index in [0.717, 1.165) is 5.57 Å². The van der Waals surface area contributed by atoms with Crippen molar-refractivity contribution in [2.45, 2.75) is 20.8 Å². The molecule has 0 aliphatic heterocycles. The number of aliphatic imine (C=N–C) groups is 1. The Bertz CT molecular complexity index is 359. The smallest absolute Gasteiger partial charge is 0.243 e. The standard InChI is InChI=1S/C10H11NO2/c1-6-5-10(13)7(2)4-9(6)11-8(3)12/h4-5H,1-3H3. The van der Waals surface area contributed by atoms with Gasteiger partial charge < -0.3 is 0 Å². The third kappa shape index (κ3) is 2.21. The summed E-state index contributed by atoms with van der Waals surface area (Å²) >= 11 is 0. The fourth-order valence-electron chi connectivity index (χ4n) is 1.06. The van der Waals surface area contributed by atoms with Crippen LogP contribution in [-0.2, 0) is 9.59 Å². The lowest BCUT2D eigenvalue weighted by atomic mass is 9.99. The van der Waals surface area contributed by atoms with E-state index in [9.17, 15) is 9.59 Å². The van der Waals surface area contributed by atoms with Gasteiger partial charge in [-0.2, -0.15) is 0 Å². The average Bonchev–Trinajstić information content (AvgIpc) is 1.99. The molecular formula is C10H11NO2. The van der Waals surface area contributed by atoms with E-state index in [0.29, 0.717) is 11.3 Å². The molecule has 0 fully saturated rings. The molecule has 3 nitrogen and oxygen atoms in total. The van der Waals surface area contributed by atoms with E-state index in [1.165, 1.54) is 13.0 Å². The molecule has 0 atom stereocenters. The second kappa shape index (κ2) is 3.47. The number of rotatable bonds is 0. The van der Waals surface area contributed by atoms with Gasteiger partial charge in [0.15, 0.2) is 5.78 Å². The Kier molecular flexibility index (Phi) is 2.56. The van der Waals surface area contributed by atoms with Crippen LogP contribution in [0.15, 0.2) is 28.3 Å². The zero-order valence-electron chi connectivity index (χ0n) is 7.92. The van der Waals surface area contributed by atoms with Crippen molar-refractivity contribution in [2.24, 2.45) is 4.99 Å². The first-order valence-corrected chi connectivity index (χ1v) is 4.01. The van der Waals surface area contributed by atoms with Crippen LogP contribution in [0, 0.1) is 0 Å². The number of hydrogen-bond acceptors (Lipinski definition) is 2. The number of nitrogens with zero attached hydrogens (tertiary/aromatic N) is 1. The maximum atomic E-state index is 11.2. The van der Waals surface area contributed by atoms with Crippen molar-refractivity contribution in [3.63, 3.8) is 0 Å². The lowest BCUT2D eigenvalue weighted by Gasteiger charge is -2.07. The number of amides is 1. The molecule has 0 unspecified atom stereocenters. The molecule has 1 rings (SSSR count). The summed E-state index contributed by atoms with van der Waals surface area (Å²) < 4.78 is 0. The van der Waals surface area contributed by atoms with Crippen molar-refractivity contribution in [3.8, 4) is 0 Å². The minimum Gasteiger partial charge on any atom is -0.290 e. The highest BCUT2D eigenvalue weighted by molar-refractivity contribution is 6.23. The highest BCUT2D eigenvalue weighted by Crippen LogP contribution is 2.11. The SMILES string of the molecule is CC(=O)N=C1C=C(C)C(=O)C=C1C. The van der Waals surface area contributed by atoms with Gasteiger partial charge in [-0.1, -0.05) is 0 Å². The van der Waals surface area contributed by atoms with Gasteiger partial charge in [-0.05, 0) is 37.1 Å². The normalized spacial score (nSPS) is 19.9. The van der Waals surface area contributed by atoms with E-state index in [2.05, 4.69) is 4.99 Å². The minimum atomic E-state index is -0.249. The molecule has 68 valence electrons. The molecule has 0 aromatic rings. The van der Waals surface area contributed by atoms with Crippen LogP contribution in [-0.4, -0.2) is 17.4 Å². The van der Waals surface area contributed by atoms with Gasteiger partial charge in [-0.25, -0.2) is 4.99 Å². The van der Waals surface area contributed by atoms with E-state index in [-0.39, 0.29) is 11.7 Å². The second-order valence-electron chi connectivity index (χ2n) is 3.04. The Hall–Kier alpha value is -1.51. The van der Waals surface area contributed by atoms with Gasteiger partial charge >= 0.3 is 0 Å². The van der Waals surface area contributed by atoms with Crippen LogP contribution < -0.4 is 0 Å². The second-order valence-corrected chi connectivity index (χ2v) is 3.04. The van der Waals surface area contributed by atoms with Crippen LogP contribution in [0.3, 0.4) is 0 Å². The topological polar surface area (TPSA) is 46.5 Å². The third-order valence-electron chi connectivity index (χ3n) is 1.77. The van der Waals surface area contributed by atoms with Gasteiger partial charge in [0.1, 0.15) is 0 Å².